The molecule has 0 atom stereocenters. The van der Waals surface area contributed by atoms with Gasteiger partial charge in [-0.15, -0.1) is 0 Å². The van der Waals surface area contributed by atoms with Gasteiger partial charge in [0.25, 0.3) is 0 Å². The van der Waals surface area contributed by atoms with Gasteiger partial charge in [0.15, 0.2) is 6.29 Å². The Bertz CT molecular complexity index is 337. The average Bonchev–Trinajstić information content (AvgIpc) is 2.93. The van der Waals surface area contributed by atoms with Gasteiger partial charge >= 0.3 is 6.03 Å². The maximum Gasteiger partial charge on any atom is 0.321 e. The van der Waals surface area contributed by atoms with Crippen LogP contribution in [-0.4, -0.2) is 62.5 Å². The Morgan fingerprint density at radius 3 is 2.45 bits per heavy atom. The molecule has 20 heavy (non-hydrogen) atoms. The third kappa shape index (κ3) is 4.43. The van der Waals surface area contributed by atoms with Gasteiger partial charge in [0.1, 0.15) is 0 Å². The number of amides is 3. The fourth-order valence-electron chi connectivity index (χ4n) is 2.61. The molecule has 7 nitrogen and oxygen atoms in total. The molecule has 7 heteroatoms. The van der Waals surface area contributed by atoms with Crippen LogP contribution in [0.5, 0.6) is 0 Å². The third-order valence-electron chi connectivity index (χ3n) is 3.62. The standard InChI is InChI=1S/C13H23N3O4/c1-2-14-13(18)15-11(17)9-16-5-3-10(4-6-16)12-19-7-8-20-12/h10,12H,2-9H2,1H3,(H2,14,15,17,18). The highest BCUT2D eigenvalue weighted by Gasteiger charge is 2.30. The molecule has 2 heterocycles. The molecule has 0 saturated carbocycles. The number of imide groups is 1. The maximum atomic E-state index is 11.7. The lowest BCUT2D eigenvalue weighted by Crippen LogP contribution is -2.47. The number of rotatable bonds is 4. The minimum atomic E-state index is -0.430. The molecule has 0 aromatic rings. The number of ether oxygens (including phenoxy) is 2. The molecule has 0 bridgehead atoms. The first-order chi connectivity index (χ1) is 9.69. The van der Waals surface area contributed by atoms with E-state index in [2.05, 4.69) is 15.5 Å². The van der Waals surface area contributed by atoms with E-state index in [1.54, 1.807) is 0 Å². The summed E-state index contributed by atoms with van der Waals surface area (Å²) in [7, 11) is 0. The molecule has 0 aromatic carbocycles. The Labute approximate surface area is 119 Å². The molecule has 2 saturated heterocycles. The van der Waals surface area contributed by atoms with Crippen LogP contribution in [0, 0.1) is 5.92 Å². The zero-order valence-electron chi connectivity index (χ0n) is 11.9. The predicted molar refractivity (Wildman–Crippen MR) is 72.1 cm³/mol. The minimum absolute atomic E-state index is 0.0682. The summed E-state index contributed by atoms with van der Waals surface area (Å²) in [6.45, 7) is 5.59. The topological polar surface area (TPSA) is 79.9 Å². The van der Waals surface area contributed by atoms with Gasteiger partial charge in [-0.25, -0.2) is 4.79 Å². The van der Waals surface area contributed by atoms with Gasteiger partial charge in [-0.1, -0.05) is 0 Å². The molecule has 2 fully saturated rings. The van der Waals surface area contributed by atoms with Crippen molar-refractivity contribution in [1.29, 1.82) is 0 Å². The number of nitrogens with zero attached hydrogens (tertiary/aromatic N) is 1. The van der Waals surface area contributed by atoms with Gasteiger partial charge in [-0.2, -0.15) is 0 Å². The number of hydrogen-bond acceptors (Lipinski definition) is 5. The van der Waals surface area contributed by atoms with E-state index in [4.69, 9.17) is 9.47 Å². The van der Waals surface area contributed by atoms with Crippen LogP contribution in [0.15, 0.2) is 0 Å². The smallest absolute Gasteiger partial charge is 0.321 e. The van der Waals surface area contributed by atoms with Gasteiger partial charge in [-0.3, -0.25) is 15.0 Å². The molecule has 0 aromatic heterocycles. The maximum absolute atomic E-state index is 11.7. The van der Waals surface area contributed by atoms with Crippen molar-refractivity contribution >= 4 is 11.9 Å². The minimum Gasteiger partial charge on any atom is -0.350 e. The number of piperidine rings is 1. The van der Waals surface area contributed by atoms with E-state index in [-0.39, 0.29) is 18.7 Å². The normalized spacial score (nSPS) is 21.9. The summed E-state index contributed by atoms with van der Waals surface area (Å²) in [4.78, 5) is 25.0. The van der Waals surface area contributed by atoms with Gasteiger partial charge in [0.2, 0.25) is 5.91 Å². The summed E-state index contributed by atoms with van der Waals surface area (Å²) in [6, 6.07) is -0.430. The van der Waals surface area contributed by atoms with Crippen molar-refractivity contribution in [1.82, 2.24) is 15.5 Å². The number of urea groups is 1. The molecule has 0 radical (unpaired) electrons. The fraction of sp³-hybridized carbons (Fsp3) is 0.846. The molecular weight excluding hydrogens is 262 g/mol. The first-order valence-electron chi connectivity index (χ1n) is 7.22. The van der Waals surface area contributed by atoms with Gasteiger partial charge in [-0.05, 0) is 32.9 Å². The Balaban J connectivity index is 1.66. The van der Waals surface area contributed by atoms with E-state index in [9.17, 15) is 9.59 Å². The molecule has 3 amide bonds. The van der Waals surface area contributed by atoms with Crippen molar-refractivity contribution in [2.75, 3.05) is 39.4 Å². The molecule has 0 aliphatic carbocycles. The zero-order chi connectivity index (χ0) is 14.4. The van der Waals surface area contributed by atoms with Crippen LogP contribution in [0.4, 0.5) is 4.79 Å². The molecular formula is C13H23N3O4. The van der Waals surface area contributed by atoms with Crippen LogP contribution in [0.1, 0.15) is 19.8 Å². The first-order valence-corrected chi connectivity index (χ1v) is 7.22. The Morgan fingerprint density at radius 2 is 1.85 bits per heavy atom. The number of nitrogens with one attached hydrogen (secondary N) is 2. The van der Waals surface area contributed by atoms with Crippen molar-refractivity contribution in [2.24, 2.45) is 5.92 Å². The highest BCUT2D eigenvalue weighted by molar-refractivity contribution is 5.95. The molecule has 2 aliphatic rings. The molecule has 0 unspecified atom stereocenters. The Hall–Kier alpha value is -1.18. The number of carbonyl (C=O) groups is 2. The number of carbonyl (C=O) groups excluding carboxylic acids is 2. The van der Waals surface area contributed by atoms with Crippen LogP contribution < -0.4 is 10.6 Å². The molecule has 114 valence electrons. The van der Waals surface area contributed by atoms with E-state index in [0.717, 1.165) is 25.9 Å². The summed E-state index contributed by atoms with van der Waals surface area (Å²) in [5.41, 5.74) is 0. The molecule has 2 N–H and O–H groups in total. The highest BCUT2D eigenvalue weighted by atomic mass is 16.7. The van der Waals surface area contributed by atoms with E-state index >= 15 is 0 Å². The van der Waals surface area contributed by atoms with Crippen LogP contribution in [-0.2, 0) is 14.3 Å². The SMILES string of the molecule is CCNC(=O)NC(=O)CN1CCC(C2OCCO2)CC1. The van der Waals surface area contributed by atoms with E-state index < -0.39 is 6.03 Å². The van der Waals surface area contributed by atoms with Gasteiger partial charge < -0.3 is 14.8 Å². The molecule has 2 rings (SSSR count). The first kappa shape index (κ1) is 15.2. The lowest BCUT2D eigenvalue weighted by Gasteiger charge is -2.33. The van der Waals surface area contributed by atoms with Gasteiger partial charge in [0, 0.05) is 12.5 Å². The quantitative estimate of drug-likeness (QED) is 0.755. The zero-order valence-corrected chi connectivity index (χ0v) is 11.9. The lowest BCUT2D eigenvalue weighted by molar-refractivity contribution is -0.122. The van der Waals surface area contributed by atoms with E-state index in [1.165, 1.54) is 0 Å². The molecule has 0 spiro atoms. The van der Waals surface area contributed by atoms with Crippen LogP contribution in [0.2, 0.25) is 0 Å². The number of likely N-dealkylation sites (tertiary alicyclic amines) is 1. The largest absolute Gasteiger partial charge is 0.350 e. The van der Waals surface area contributed by atoms with E-state index in [0.29, 0.717) is 25.7 Å². The van der Waals surface area contributed by atoms with Crippen molar-refractivity contribution in [2.45, 2.75) is 26.1 Å². The summed E-state index contributed by atoms with van der Waals surface area (Å²) in [5.74, 6) is 0.156. The second-order valence-corrected chi connectivity index (χ2v) is 5.13. The van der Waals surface area contributed by atoms with Gasteiger partial charge in [0.05, 0.1) is 19.8 Å². The summed E-state index contributed by atoms with van der Waals surface area (Å²) < 4.78 is 11.0. The number of hydrogen-bond donors (Lipinski definition) is 2. The van der Waals surface area contributed by atoms with Crippen molar-refractivity contribution in [3.8, 4) is 0 Å². The second kappa shape index (κ2) is 7.56. The van der Waals surface area contributed by atoms with Crippen LogP contribution >= 0.6 is 0 Å². The monoisotopic (exact) mass is 285 g/mol. The van der Waals surface area contributed by atoms with Crippen LogP contribution in [0.3, 0.4) is 0 Å². The summed E-state index contributed by atoms with van der Waals surface area (Å²) in [6.07, 6.45) is 1.85. The third-order valence-corrected chi connectivity index (χ3v) is 3.62. The Morgan fingerprint density at radius 1 is 1.20 bits per heavy atom. The Kier molecular flexibility index (Phi) is 5.75. The summed E-state index contributed by atoms with van der Waals surface area (Å²) in [5, 5.41) is 4.85. The lowest BCUT2D eigenvalue weighted by atomic mass is 9.96. The average molecular weight is 285 g/mol. The second-order valence-electron chi connectivity index (χ2n) is 5.13. The van der Waals surface area contributed by atoms with Crippen molar-refractivity contribution < 1.29 is 19.1 Å². The predicted octanol–water partition coefficient (Wildman–Crippen LogP) is -0.0830. The fourth-order valence-corrected chi connectivity index (χ4v) is 2.61. The summed E-state index contributed by atoms with van der Waals surface area (Å²) >= 11 is 0. The molecule has 2 aliphatic heterocycles. The van der Waals surface area contributed by atoms with Crippen molar-refractivity contribution in [3.63, 3.8) is 0 Å². The van der Waals surface area contributed by atoms with E-state index in [1.807, 2.05) is 6.92 Å². The highest BCUT2D eigenvalue weighted by Crippen LogP contribution is 2.25. The van der Waals surface area contributed by atoms with Crippen molar-refractivity contribution in [3.05, 3.63) is 0 Å². The van der Waals surface area contributed by atoms with Crippen LogP contribution in [0.25, 0.3) is 0 Å².